The van der Waals surface area contributed by atoms with Crippen molar-refractivity contribution in [3.8, 4) is 0 Å². The van der Waals surface area contributed by atoms with Crippen LogP contribution < -0.4 is 0 Å². The first kappa shape index (κ1) is 8.63. The molecule has 3 unspecified atom stereocenters. The van der Waals surface area contributed by atoms with Crippen LogP contribution in [0.3, 0.4) is 0 Å². The van der Waals surface area contributed by atoms with Crippen molar-refractivity contribution in [3.05, 3.63) is 12.3 Å². The van der Waals surface area contributed by atoms with Gasteiger partial charge in [-0.15, -0.1) is 0 Å². The average molecular weight is 153 g/mol. The van der Waals surface area contributed by atoms with E-state index in [1.165, 1.54) is 12.1 Å². The molecule has 1 rings (SSSR count). The molecular formula is C10H19N. The summed E-state index contributed by atoms with van der Waals surface area (Å²) in [4.78, 5) is 2.31. The summed E-state index contributed by atoms with van der Waals surface area (Å²) < 4.78 is 0. The minimum Gasteiger partial charge on any atom is -0.375 e. The predicted octanol–water partition coefficient (Wildman–Crippen LogP) is 2.50. The summed E-state index contributed by atoms with van der Waals surface area (Å²) in [6.07, 6.45) is 1.34. The van der Waals surface area contributed by atoms with E-state index in [0.29, 0.717) is 0 Å². The first-order chi connectivity index (χ1) is 5.04. The molecule has 1 fully saturated rings. The van der Waals surface area contributed by atoms with Crippen LogP contribution in [0.15, 0.2) is 12.3 Å². The van der Waals surface area contributed by atoms with Crippen molar-refractivity contribution < 1.29 is 0 Å². The Labute approximate surface area is 70.1 Å². The fourth-order valence-electron chi connectivity index (χ4n) is 1.79. The Morgan fingerprint density at radius 2 is 2.00 bits per heavy atom. The van der Waals surface area contributed by atoms with Crippen molar-refractivity contribution in [2.24, 2.45) is 11.8 Å². The van der Waals surface area contributed by atoms with Crippen molar-refractivity contribution in [1.82, 2.24) is 4.90 Å². The highest BCUT2D eigenvalue weighted by Gasteiger charge is 2.36. The van der Waals surface area contributed by atoms with Crippen LogP contribution in [-0.4, -0.2) is 18.0 Å². The number of rotatable bonds is 2. The first-order valence-electron chi connectivity index (χ1n) is 4.42. The molecular weight excluding hydrogens is 134 g/mol. The Bertz CT molecular complexity index is 162. The van der Waals surface area contributed by atoms with E-state index >= 15 is 0 Å². The van der Waals surface area contributed by atoms with E-state index in [2.05, 4.69) is 39.3 Å². The highest BCUT2D eigenvalue weighted by Crippen LogP contribution is 2.37. The molecule has 3 atom stereocenters. The molecule has 0 spiro atoms. The highest BCUT2D eigenvalue weighted by atomic mass is 15.1. The van der Waals surface area contributed by atoms with E-state index in [9.17, 15) is 0 Å². The summed E-state index contributed by atoms with van der Waals surface area (Å²) in [5.74, 6) is 1.75. The fraction of sp³-hybridized carbons (Fsp3) is 0.800. The molecule has 0 amide bonds. The van der Waals surface area contributed by atoms with Crippen LogP contribution in [-0.2, 0) is 0 Å². The molecule has 0 aromatic rings. The summed E-state index contributed by atoms with van der Waals surface area (Å²) >= 11 is 0. The molecule has 1 aliphatic rings. The summed E-state index contributed by atoms with van der Waals surface area (Å²) in [6.45, 7) is 10.7. The second-order valence-corrected chi connectivity index (χ2v) is 3.99. The lowest BCUT2D eigenvalue weighted by molar-refractivity contribution is 0.0622. The smallest absolute Gasteiger partial charge is 0.0314 e. The van der Waals surface area contributed by atoms with E-state index in [4.69, 9.17) is 0 Å². The quantitative estimate of drug-likeness (QED) is 0.589. The fourth-order valence-corrected chi connectivity index (χ4v) is 1.79. The van der Waals surface area contributed by atoms with Crippen LogP contribution in [0.4, 0.5) is 0 Å². The van der Waals surface area contributed by atoms with Gasteiger partial charge >= 0.3 is 0 Å². The zero-order valence-electron chi connectivity index (χ0n) is 8.09. The van der Waals surface area contributed by atoms with Gasteiger partial charge < -0.3 is 4.90 Å². The van der Waals surface area contributed by atoms with Gasteiger partial charge in [0.15, 0.2) is 0 Å². The summed E-state index contributed by atoms with van der Waals surface area (Å²) in [6, 6.07) is 0.752. The summed E-state index contributed by atoms with van der Waals surface area (Å²) in [5.41, 5.74) is 1.19. The molecule has 1 aliphatic carbocycles. The molecule has 0 N–H and O–H groups in total. The van der Waals surface area contributed by atoms with Crippen LogP contribution in [0, 0.1) is 11.8 Å². The second-order valence-electron chi connectivity index (χ2n) is 3.99. The van der Waals surface area contributed by atoms with Gasteiger partial charge in [0.05, 0.1) is 0 Å². The molecule has 1 saturated carbocycles. The van der Waals surface area contributed by atoms with Crippen LogP contribution >= 0.6 is 0 Å². The van der Waals surface area contributed by atoms with E-state index in [1.807, 2.05) is 0 Å². The lowest BCUT2D eigenvalue weighted by atomic mass is 9.71. The molecule has 0 aliphatic heterocycles. The first-order valence-corrected chi connectivity index (χ1v) is 4.42. The lowest BCUT2D eigenvalue weighted by Gasteiger charge is -2.47. The summed E-state index contributed by atoms with van der Waals surface area (Å²) in [7, 11) is 2.15. The zero-order chi connectivity index (χ0) is 8.59. The van der Waals surface area contributed by atoms with Crippen molar-refractivity contribution in [3.63, 3.8) is 0 Å². The molecule has 0 saturated heterocycles. The Morgan fingerprint density at radius 1 is 1.45 bits per heavy atom. The third-order valence-electron chi connectivity index (χ3n) is 3.22. The topological polar surface area (TPSA) is 3.24 Å². The van der Waals surface area contributed by atoms with Crippen LogP contribution in [0.25, 0.3) is 0 Å². The van der Waals surface area contributed by atoms with Gasteiger partial charge in [-0.25, -0.2) is 0 Å². The second kappa shape index (κ2) is 2.88. The molecule has 0 aromatic heterocycles. The van der Waals surface area contributed by atoms with Gasteiger partial charge in [0.1, 0.15) is 0 Å². The SMILES string of the molecule is C=C(C)N(C)C1CC(C)C1C. The maximum Gasteiger partial charge on any atom is 0.0314 e. The maximum atomic E-state index is 3.94. The minimum absolute atomic E-state index is 0.752. The van der Waals surface area contributed by atoms with Gasteiger partial charge in [-0.1, -0.05) is 20.4 Å². The van der Waals surface area contributed by atoms with Gasteiger partial charge in [-0.3, -0.25) is 0 Å². The molecule has 1 nitrogen and oxygen atoms in total. The van der Waals surface area contributed by atoms with Crippen molar-refractivity contribution in [1.29, 1.82) is 0 Å². The highest BCUT2D eigenvalue weighted by molar-refractivity contribution is 4.98. The largest absolute Gasteiger partial charge is 0.375 e. The monoisotopic (exact) mass is 153 g/mol. The lowest BCUT2D eigenvalue weighted by Crippen LogP contribution is -2.47. The molecule has 1 heteroatoms. The molecule has 0 radical (unpaired) electrons. The number of hydrogen-bond acceptors (Lipinski definition) is 1. The van der Waals surface area contributed by atoms with E-state index in [-0.39, 0.29) is 0 Å². The Kier molecular flexibility index (Phi) is 2.26. The standard InChI is InChI=1S/C10H19N/c1-7(2)11(5)10-6-8(3)9(10)4/h8-10H,1,6H2,2-5H3. The number of allylic oxidation sites excluding steroid dienone is 1. The minimum atomic E-state index is 0.752. The van der Waals surface area contributed by atoms with Crippen molar-refractivity contribution in [2.45, 2.75) is 33.2 Å². The van der Waals surface area contributed by atoms with E-state index in [0.717, 1.165) is 17.9 Å². The summed E-state index contributed by atoms with van der Waals surface area (Å²) in [5, 5.41) is 0. The van der Waals surface area contributed by atoms with Gasteiger partial charge in [0.2, 0.25) is 0 Å². The molecule has 0 heterocycles. The third-order valence-corrected chi connectivity index (χ3v) is 3.22. The van der Waals surface area contributed by atoms with E-state index < -0.39 is 0 Å². The Morgan fingerprint density at radius 3 is 2.27 bits per heavy atom. The Hall–Kier alpha value is -0.460. The van der Waals surface area contributed by atoms with Crippen molar-refractivity contribution >= 4 is 0 Å². The number of nitrogens with zero attached hydrogens (tertiary/aromatic N) is 1. The van der Waals surface area contributed by atoms with Crippen LogP contribution in [0.1, 0.15) is 27.2 Å². The third kappa shape index (κ3) is 1.42. The Balaban J connectivity index is 2.45. The maximum absolute atomic E-state index is 3.94. The normalized spacial score (nSPS) is 36.2. The molecule has 0 bridgehead atoms. The van der Waals surface area contributed by atoms with Gasteiger partial charge in [0.25, 0.3) is 0 Å². The molecule has 64 valence electrons. The van der Waals surface area contributed by atoms with Gasteiger partial charge in [-0.05, 0) is 25.2 Å². The van der Waals surface area contributed by atoms with Gasteiger partial charge in [-0.2, -0.15) is 0 Å². The van der Waals surface area contributed by atoms with Crippen LogP contribution in [0.5, 0.6) is 0 Å². The number of hydrogen-bond donors (Lipinski definition) is 0. The van der Waals surface area contributed by atoms with Gasteiger partial charge in [0, 0.05) is 18.8 Å². The molecule has 0 aromatic carbocycles. The molecule has 11 heavy (non-hydrogen) atoms. The zero-order valence-corrected chi connectivity index (χ0v) is 8.09. The van der Waals surface area contributed by atoms with E-state index in [1.54, 1.807) is 0 Å². The predicted molar refractivity (Wildman–Crippen MR) is 49.3 cm³/mol. The average Bonchev–Trinajstić information content (AvgIpc) is 1.98. The van der Waals surface area contributed by atoms with Crippen molar-refractivity contribution in [2.75, 3.05) is 7.05 Å². The van der Waals surface area contributed by atoms with Crippen LogP contribution in [0.2, 0.25) is 0 Å².